The number of nitriles is 1. The van der Waals surface area contributed by atoms with E-state index in [0.29, 0.717) is 11.3 Å². The van der Waals surface area contributed by atoms with E-state index >= 15 is 0 Å². The number of hydrogen-bond acceptors (Lipinski definition) is 3. The molecule has 0 fully saturated rings. The Labute approximate surface area is 106 Å². The Morgan fingerprint density at radius 2 is 1.78 bits per heavy atom. The van der Waals surface area contributed by atoms with Gasteiger partial charge in [0.25, 0.3) is 0 Å². The zero-order valence-corrected chi connectivity index (χ0v) is 9.78. The van der Waals surface area contributed by atoms with Crippen molar-refractivity contribution in [3.8, 4) is 17.6 Å². The molecule has 0 amide bonds. The van der Waals surface area contributed by atoms with Crippen LogP contribution in [-0.2, 0) is 0 Å². The number of ether oxygens (including phenoxy) is 1. The summed E-state index contributed by atoms with van der Waals surface area (Å²) in [7, 11) is 0. The van der Waals surface area contributed by atoms with Crippen LogP contribution in [0, 0.1) is 11.3 Å². The summed E-state index contributed by atoms with van der Waals surface area (Å²) in [4.78, 5) is 0. The van der Waals surface area contributed by atoms with Crippen molar-refractivity contribution in [3.05, 3.63) is 60.2 Å². The van der Waals surface area contributed by atoms with Gasteiger partial charge >= 0.3 is 0 Å². The number of para-hydroxylation sites is 1. The van der Waals surface area contributed by atoms with Crippen molar-refractivity contribution in [3.63, 3.8) is 0 Å². The molecule has 0 bridgehead atoms. The highest BCUT2D eigenvalue weighted by Crippen LogP contribution is 2.25. The van der Waals surface area contributed by atoms with Crippen molar-refractivity contribution < 1.29 is 9.84 Å². The molecule has 3 nitrogen and oxygen atoms in total. The molecule has 2 rings (SSSR count). The van der Waals surface area contributed by atoms with Gasteiger partial charge < -0.3 is 9.84 Å². The number of aliphatic hydroxyl groups excluding tert-OH is 1. The molecule has 0 saturated carbocycles. The summed E-state index contributed by atoms with van der Waals surface area (Å²) in [5, 5.41) is 18.3. The number of rotatable bonds is 4. The highest BCUT2D eigenvalue weighted by atomic mass is 16.5. The van der Waals surface area contributed by atoms with Crippen LogP contribution in [0.15, 0.2) is 54.6 Å². The lowest BCUT2D eigenvalue weighted by Gasteiger charge is -2.10. The fraction of sp³-hybridized carbons (Fsp3) is 0.133. The fourth-order valence-corrected chi connectivity index (χ4v) is 1.61. The first-order chi connectivity index (χ1) is 8.79. The average molecular weight is 239 g/mol. The van der Waals surface area contributed by atoms with Gasteiger partial charge in [0, 0.05) is 0 Å². The second-order valence-corrected chi connectivity index (χ2v) is 3.87. The van der Waals surface area contributed by atoms with Gasteiger partial charge in [-0.1, -0.05) is 30.3 Å². The van der Waals surface area contributed by atoms with Gasteiger partial charge in [0.15, 0.2) is 0 Å². The van der Waals surface area contributed by atoms with Crippen molar-refractivity contribution in [2.75, 3.05) is 0 Å². The summed E-state index contributed by atoms with van der Waals surface area (Å²) in [5.41, 5.74) is 0.685. The Hall–Kier alpha value is -2.31. The molecule has 0 aliphatic carbocycles. The van der Waals surface area contributed by atoms with E-state index in [-0.39, 0.29) is 6.42 Å². The summed E-state index contributed by atoms with van der Waals surface area (Å²) in [6, 6.07) is 18.5. The van der Waals surface area contributed by atoms with Gasteiger partial charge in [0.05, 0.1) is 18.6 Å². The Kier molecular flexibility index (Phi) is 3.95. The van der Waals surface area contributed by atoms with Crippen molar-refractivity contribution in [1.82, 2.24) is 0 Å². The summed E-state index contributed by atoms with van der Waals surface area (Å²) < 4.78 is 5.65. The van der Waals surface area contributed by atoms with Gasteiger partial charge in [-0.05, 0) is 29.8 Å². The first-order valence-electron chi connectivity index (χ1n) is 5.67. The van der Waals surface area contributed by atoms with Crippen LogP contribution < -0.4 is 4.74 Å². The molecule has 1 unspecified atom stereocenters. The van der Waals surface area contributed by atoms with E-state index in [2.05, 4.69) is 0 Å². The molecule has 1 atom stereocenters. The minimum Gasteiger partial charge on any atom is -0.457 e. The molecule has 0 spiro atoms. The van der Waals surface area contributed by atoms with Crippen LogP contribution in [0.4, 0.5) is 0 Å². The van der Waals surface area contributed by atoms with E-state index < -0.39 is 6.10 Å². The van der Waals surface area contributed by atoms with Gasteiger partial charge in [-0.3, -0.25) is 0 Å². The number of hydrogen-bond donors (Lipinski definition) is 1. The Bertz CT molecular complexity index is 546. The second kappa shape index (κ2) is 5.85. The molecular weight excluding hydrogens is 226 g/mol. The minimum atomic E-state index is -0.769. The molecule has 0 radical (unpaired) electrons. The highest BCUT2D eigenvalue weighted by Gasteiger charge is 2.07. The molecule has 0 aliphatic heterocycles. The van der Waals surface area contributed by atoms with E-state index in [4.69, 9.17) is 10.00 Å². The summed E-state index contributed by atoms with van der Waals surface area (Å²) in [5.74, 6) is 1.39. The lowest BCUT2D eigenvalue weighted by atomic mass is 10.1. The number of nitrogens with zero attached hydrogens (tertiary/aromatic N) is 1. The summed E-state index contributed by atoms with van der Waals surface area (Å²) >= 11 is 0. The molecule has 0 heterocycles. The van der Waals surface area contributed by atoms with E-state index in [1.54, 1.807) is 18.2 Å². The molecule has 2 aromatic carbocycles. The topological polar surface area (TPSA) is 53.2 Å². The maximum Gasteiger partial charge on any atom is 0.127 e. The van der Waals surface area contributed by atoms with Crippen LogP contribution >= 0.6 is 0 Å². The first-order valence-corrected chi connectivity index (χ1v) is 5.67. The molecule has 90 valence electrons. The molecule has 3 heteroatoms. The number of aliphatic hydroxyl groups is 1. The molecule has 1 N–H and O–H groups in total. The van der Waals surface area contributed by atoms with E-state index in [9.17, 15) is 5.11 Å². The van der Waals surface area contributed by atoms with Crippen LogP contribution in [-0.4, -0.2) is 5.11 Å². The van der Waals surface area contributed by atoms with Crippen LogP contribution in [0.25, 0.3) is 0 Å². The third kappa shape index (κ3) is 3.09. The van der Waals surface area contributed by atoms with Crippen molar-refractivity contribution in [2.45, 2.75) is 12.5 Å². The van der Waals surface area contributed by atoms with E-state index in [1.165, 1.54) is 0 Å². The van der Waals surface area contributed by atoms with Crippen molar-refractivity contribution >= 4 is 0 Å². The average Bonchev–Trinajstić information content (AvgIpc) is 2.40. The molecule has 18 heavy (non-hydrogen) atoms. The molecular formula is C15H13NO2. The maximum atomic E-state index is 9.73. The first kappa shape index (κ1) is 12.2. The third-order valence-electron chi connectivity index (χ3n) is 2.51. The van der Waals surface area contributed by atoms with Gasteiger partial charge in [-0.2, -0.15) is 5.26 Å². The highest BCUT2D eigenvalue weighted by molar-refractivity contribution is 5.34. The normalized spacial score (nSPS) is 11.6. The SMILES string of the molecule is N#CCC(O)c1cccc(Oc2ccccc2)c1. The zero-order chi connectivity index (χ0) is 12.8. The maximum absolute atomic E-state index is 9.73. The van der Waals surface area contributed by atoms with Crippen LogP contribution in [0.3, 0.4) is 0 Å². The quantitative estimate of drug-likeness (QED) is 0.889. The Balaban J connectivity index is 2.15. The van der Waals surface area contributed by atoms with Crippen molar-refractivity contribution in [1.29, 1.82) is 5.26 Å². The van der Waals surface area contributed by atoms with Crippen LogP contribution in [0.1, 0.15) is 18.1 Å². The summed E-state index contributed by atoms with van der Waals surface area (Å²) in [6.45, 7) is 0. The zero-order valence-electron chi connectivity index (χ0n) is 9.78. The van der Waals surface area contributed by atoms with Gasteiger partial charge in [-0.25, -0.2) is 0 Å². The standard InChI is InChI=1S/C15H13NO2/c16-10-9-15(17)12-5-4-8-14(11-12)18-13-6-2-1-3-7-13/h1-8,11,15,17H,9H2. The van der Waals surface area contributed by atoms with Crippen LogP contribution in [0.2, 0.25) is 0 Å². The largest absolute Gasteiger partial charge is 0.457 e. The van der Waals surface area contributed by atoms with E-state index in [1.807, 2.05) is 42.5 Å². The van der Waals surface area contributed by atoms with Gasteiger partial charge in [0.2, 0.25) is 0 Å². The second-order valence-electron chi connectivity index (χ2n) is 3.87. The number of benzene rings is 2. The lowest BCUT2D eigenvalue weighted by molar-refractivity contribution is 0.183. The van der Waals surface area contributed by atoms with Crippen molar-refractivity contribution in [2.24, 2.45) is 0 Å². The van der Waals surface area contributed by atoms with Crippen LogP contribution in [0.5, 0.6) is 11.5 Å². The monoisotopic (exact) mass is 239 g/mol. The predicted octanol–water partition coefficient (Wildman–Crippen LogP) is 3.43. The lowest BCUT2D eigenvalue weighted by Crippen LogP contribution is -1.96. The Morgan fingerprint density at radius 3 is 2.50 bits per heavy atom. The smallest absolute Gasteiger partial charge is 0.127 e. The predicted molar refractivity (Wildman–Crippen MR) is 68.1 cm³/mol. The molecule has 2 aromatic rings. The Morgan fingerprint density at radius 1 is 1.06 bits per heavy atom. The fourth-order valence-electron chi connectivity index (χ4n) is 1.61. The van der Waals surface area contributed by atoms with Gasteiger partial charge in [0.1, 0.15) is 11.5 Å². The van der Waals surface area contributed by atoms with E-state index in [0.717, 1.165) is 5.75 Å². The molecule has 0 aliphatic rings. The molecule has 0 aromatic heterocycles. The van der Waals surface area contributed by atoms with Gasteiger partial charge in [-0.15, -0.1) is 0 Å². The minimum absolute atomic E-state index is 0.0782. The third-order valence-corrected chi connectivity index (χ3v) is 2.51. The molecule has 0 saturated heterocycles. The summed E-state index contributed by atoms with van der Waals surface area (Å²) in [6.07, 6.45) is -0.691.